The third-order valence-corrected chi connectivity index (χ3v) is 29.2. The van der Waals surface area contributed by atoms with Crippen LogP contribution in [0.4, 0.5) is 17.3 Å². The van der Waals surface area contributed by atoms with Gasteiger partial charge < -0.3 is 75.4 Å². The molecular weight excluding hydrogens is 1530 g/mol. The molecule has 11 N–H and O–H groups in total. The lowest BCUT2D eigenvalue weighted by Gasteiger charge is -2.67. The van der Waals surface area contributed by atoms with Crippen LogP contribution in [0.15, 0.2) is 167 Å². The molecule has 1 saturated heterocycles. The van der Waals surface area contributed by atoms with E-state index in [1.54, 1.807) is 121 Å². The van der Waals surface area contributed by atoms with Crippen LogP contribution < -0.4 is 43.4 Å². The van der Waals surface area contributed by atoms with Crippen LogP contribution in [0.5, 0.6) is 0 Å². The molecule has 0 spiro atoms. The summed E-state index contributed by atoms with van der Waals surface area (Å²) in [7, 11) is -5.43. The standard InChI is InChI=1S/C82H94N12O20Si2/c1-46-57(110-77(107)66(100)64(48-20-13-10-14-21-48)91-73(103)49-22-15-11-16-23-49)40-82(108)70(112-76(106)51-24-17-12-18-25-51)68-80(5,58(96)39-59-81(68,44-109-59)113-47(2)95)69(101)67(63(46)79(82,3)4)111-62(99)34-33-60(97)87-45-116(8,9)114-115(6,7)37-36-94-75(105)56-32-31-54(38-52(56)41-88-94)89-61(98)26-19-35-84-72(102)50-27-29-53(30-28-50)85-42-55-43-86-71-65(90-55)74(104)93-78(83)92-71/h10-18,20-25,27-32,38,41,43,57-59,64,66-68,70,85,96,100,108H,19,26,33-37,39-40,42,44-45H2,1-9H3,(H,84,102)(H,87,97)(H,89,98)(H,91,103)(H3,83,86,92,93,104)/t57-,58-,59+,64-,66+,67+,68-,70-,80+,81-,82+/m0/s1. The van der Waals surface area contributed by atoms with Crippen molar-refractivity contribution in [2.75, 3.05) is 35.7 Å². The van der Waals surface area contributed by atoms with E-state index in [-0.39, 0.29) is 95.4 Å². The topological polar surface area (TPSA) is 462 Å². The molecule has 11 atom stereocenters. The van der Waals surface area contributed by atoms with E-state index in [0.29, 0.717) is 51.4 Å². The molecule has 116 heavy (non-hydrogen) atoms. The lowest BCUT2D eigenvalue weighted by Crippen LogP contribution is -2.82. The molecule has 3 aromatic heterocycles. The van der Waals surface area contributed by atoms with Crippen molar-refractivity contribution in [2.24, 2.45) is 16.7 Å². The number of nitrogen functional groups attached to an aromatic ring is 1. The first-order chi connectivity index (χ1) is 55.0. The van der Waals surface area contributed by atoms with Gasteiger partial charge in [-0.2, -0.15) is 10.1 Å². The molecule has 3 aliphatic carbocycles. The summed E-state index contributed by atoms with van der Waals surface area (Å²) < 4.78 is 39.5. The fraction of sp³-hybridized carbons (Fsp3) is 0.402. The number of hydrogen-bond acceptors (Lipinski definition) is 26. The number of fused-ring (bicyclic) bond motifs is 7. The maximum atomic E-state index is 16.4. The molecule has 0 unspecified atom stereocenters. The largest absolute Gasteiger partial charge is 0.456 e. The van der Waals surface area contributed by atoms with Crippen LogP contribution in [0.2, 0.25) is 32.2 Å². The molecule has 12 rings (SSSR count). The van der Waals surface area contributed by atoms with Gasteiger partial charge >= 0.3 is 23.9 Å². The molecule has 1 aliphatic heterocycles. The minimum atomic E-state index is -2.79. The highest BCUT2D eigenvalue weighted by molar-refractivity contribution is 6.85. The number of benzene rings is 5. The highest BCUT2D eigenvalue weighted by Crippen LogP contribution is 2.64. The first-order valence-electron chi connectivity index (χ1n) is 38.1. The second-order valence-corrected chi connectivity index (χ2v) is 40.4. The van der Waals surface area contributed by atoms with E-state index in [4.69, 9.17) is 33.5 Å². The summed E-state index contributed by atoms with van der Waals surface area (Å²) in [5, 5.41) is 58.7. The van der Waals surface area contributed by atoms with Crippen LogP contribution >= 0.6 is 0 Å². The minimum Gasteiger partial charge on any atom is -0.456 e. The number of ketones is 1. The summed E-state index contributed by atoms with van der Waals surface area (Å²) in [6.45, 7) is 15.0. The molecule has 34 heteroatoms. The highest BCUT2D eigenvalue weighted by Gasteiger charge is 2.78. The number of amides is 4. The summed E-state index contributed by atoms with van der Waals surface area (Å²) >= 11 is 0. The number of rotatable bonds is 29. The number of nitrogens with zero attached hydrogens (tertiary/aromatic N) is 5. The van der Waals surface area contributed by atoms with Crippen LogP contribution in [0.3, 0.4) is 0 Å². The van der Waals surface area contributed by atoms with Gasteiger partial charge in [0.15, 0.2) is 51.4 Å². The number of nitrogens with two attached hydrogens (primary N) is 1. The summed E-state index contributed by atoms with van der Waals surface area (Å²) in [6.07, 6.45) is -9.22. The zero-order chi connectivity index (χ0) is 83.4. The Balaban J connectivity index is 0.681. The Morgan fingerprint density at radius 3 is 2.10 bits per heavy atom. The molecule has 2 bridgehead atoms. The summed E-state index contributed by atoms with van der Waals surface area (Å²) in [5.41, 5.74) is -1.22. The summed E-state index contributed by atoms with van der Waals surface area (Å²) in [4.78, 5) is 169. The first-order valence-corrected chi connectivity index (χ1v) is 44.4. The van der Waals surface area contributed by atoms with E-state index in [9.17, 15) is 63.3 Å². The number of esters is 4. The number of hydrogen-bond donors (Lipinski definition) is 10. The molecular formula is C82H94N12O20Si2. The molecule has 4 amide bonds. The van der Waals surface area contributed by atoms with E-state index in [0.717, 1.165) is 6.92 Å². The number of aromatic amines is 1. The second kappa shape index (κ2) is 34.1. The van der Waals surface area contributed by atoms with Crippen LogP contribution in [0.25, 0.3) is 21.9 Å². The normalized spacial score (nSPS) is 22.6. The zero-order valence-electron chi connectivity index (χ0n) is 65.6. The van der Waals surface area contributed by atoms with Crippen molar-refractivity contribution in [3.05, 3.63) is 206 Å². The Labute approximate surface area is 668 Å². The fourth-order valence-corrected chi connectivity index (χ4v) is 24.3. The molecule has 4 heterocycles. The van der Waals surface area contributed by atoms with Crippen molar-refractivity contribution in [2.45, 2.75) is 172 Å². The van der Waals surface area contributed by atoms with Gasteiger partial charge in [-0.15, -0.1) is 0 Å². The number of H-pyrrole nitrogens is 1. The molecule has 8 aromatic rings. The minimum absolute atomic E-state index is 0.00421. The van der Waals surface area contributed by atoms with Crippen molar-refractivity contribution in [3.8, 4) is 0 Å². The van der Waals surface area contributed by atoms with Gasteiger partial charge in [-0.1, -0.05) is 80.6 Å². The van der Waals surface area contributed by atoms with Gasteiger partial charge in [0.25, 0.3) is 22.9 Å². The Morgan fingerprint density at radius 1 is 0.767 bits per heavy atom. The SMILES string of the molecule is CC(=O)O[C@@]12CO[C@@H]1C[C@H](O)[C@@]1(C)C(=O)[C@H](OC(=O)CCC(=O)NC[Si](C)(C)O[Si](C)(C)CCn3ncc4cc(NC(=O)CCCNC(=O)c5ccc(NCc6cnc7nc(N)[nH]c(=O)c7n6)cc5)ccc4c3=O)C3=C(C)[C@@H](OC(=O)[C@H](O)[C@@H](NC(=O)c4ccccc4)c4ccccc4)C[C@@](O)([C@@H](OC(=O)c4ccccc4)[C@H]21)C3(C)C. The van der Waals surface area contributed by atoms with Gasteiger partial charge in [-0.25, -0.2) is 24.2 Å². The number of anilines is 3. The Bertz CT molecular complexity index is 5270. The number of carbonyl (C=O) groups is 9. The van der Waals surface area contributed by atoms with Gasteiger partial charge in [-0.05, 0) is 136 Å². The quantitative estimate of drug-likeness (QED) is 0.00801. The third kappa shape index (κ3) is 17.8. The van der Waals surface area contributed by atoms with Gasteiger partial charge in [0.1, 0.15) is 23.9 Å². The fourth-order valence-electron chi connectivity index (χ4n) is 16.2. The molecule has 5 aromatic carbocycles. The van der Waals surface area contributed by atoms with E-state index < -0.39 is 160 Å². The lowest BCUT2D eigenvalue weighted by atomic mass is 9.44. The lowest BCUT2D eigenvalue weighted by molar-refractivity contribution is -0.346. The maximum absolute atomic E-state index is 16.4. The van der Waals surface area contributed by atoms with E-state index >= 15 is 4.79 Å². The number of carbonyl (C=O) groups excluding carboxylic acids is 9. The van der Waals surface area contributed by atoms with Crippen LogP contribution in [0, 0.1) is 16.7 Å². The van der Waals surface area contributed by atoms with Crippen molar-refractivity contribution in [3.63, 3.8) is 0 Å². The number of aliphatic hydroxyl groups excluding tert-OH is 2. The average molecular weight is 1620 g/mol. The monoisotopic (exact) mass is 1620 g/mol. The molecule has 2 saturated carbocycles. The summed E-state index contributed by atoms with van der Waals surface area (Å²) in [5.74, 6) is -8.88. The van der Waals surface area contributed by atoms with E-state index in [1.807, 2.05) is 26.2 Å². The molecule has 610 valence electrons. The van der Waals surface area contributed by atoms with E-state index in [2.05, 4.69) is 51.6 Å². The Kier molecular flexibility index (Phi) is 24.7. The molecule has 4 aliphatic rings. The summed E-state index contributed by atoms with van der Waals surface area (Å²) in [6, 6.07) is 34.5. The predicted octanol–water partition coefficient (Wildman–Crippen LogP) is 6.36. The van der Waals surface area contributed by atoms with Gasteiger partial charge in [0.2, 0.25) is 17.8 Å². The predicted molar refractivity (Wildman–Crippen MR) is 427 cm³/mol. The number of aryl methyl sites for hydroxylation is 1. The van der Waals surface area contributed by atoms with Crippen molar-refractivity contribution < 1.29 is 86.3 Å². The van der Waals surface area contributed by atoms with Gasteiger partial charge in [0.05, 0.1) is 72.1 Å². The molecule has 3 fully saturated rings. The van der Waals surface area contributed by atoms with Gasteiger partial charge in [-0.3, -0.25) is 48.1 Å². The number of aromatic nitrogens is 6. The Morgan fingerprint density at radius 2 is 1.43 bits per heavy atom. The van der Waals surface area contributed by atoms with Crippen LogP contribution in [-0.2, 0) is 69.7 Å². The number of ether oxygens (including phenoxy) is 5. The zero-order valence-corrected chi connectivity index (χ0v) is 67.6. The van der Waals surface area contributed by atoms with Crippen molar-refractivity contribution in [1.29, 1.82) is 0 Å². The number of Topliss-reactive ketones (excluding diaryl/α,β-unsaturated/α-hetero) is 1. The highest BCUT2D eigenvalue weighted by atomic mass is 28.4. The van der Waals surface area contributed by atoms with Crippen LogP contribution in [0.1, 0.15) is 122 Å². The first kappa shape index (κ1) is 83.9. The maximum Gasteiger partial charge on any atom is 0.338 e. The third-order valence-electron chi connectivity index (χ3n) is 22.3. The van der Waals surface area contributed by atoms with Crippen molar-refractivity contribution in [1.82, 2.24) is 45.7 Å². The molecule has 0 radical (unpaired) electrons. The smallest absolute Gasteiger partial charge is 0.338 e. The van der Waals surface area contributed by atoms with Crippen molar-refractivity contribution >= 4 is 109 Å². The van der Waals surface area contributed by atoms with Crippen LogP contribution in [-0.4, -0.2) is 182 Å². The molecule has 32 nitrogen and oxygen atoms in total. The van der Waals surface area contributed by atoms with E-state index in [1.165, 1.54) is 56.9 Å². The number of nitrogens with one attached hydrogen (secondary N) is 6. The Hall–Kier alpha value is -11.5. The van der Waals surface area contributed by atoms with Gasteiger partial charge in [0, 0.05) is 85.2 Å². The second-order valence-electron chi connectivity index (χ2n) is 31.7. The average Bonchev–Trinajstić information content (AvgIpc) is 0.667. The number of aliphatic hydroxyl groups is 3.